The minimum Gasteiger partial charge on any atom is -0.304 e. The summed E-state index contributed by atoms with van der Waals surface area (Å²) in [6.07, 6.45) is 4.01. The third kappa shape index (κ3) is 3.44. The summed E-state index contributed by atoms with van der Waals surface area (Å²) in [5, 5.41) is 5.74. The summed E-state index contributed by atoms with van der Waals surface area (Å²) in [7, 11) is 0. The minimum atomic E-state index is 0.186. The Morgan fingerprint density at radius 1 is 1.37 bits per heavy atom. The highest BCUT2D eigenvalue weighted by atomic mass is 79.9. The SMILES string of the molecule is CCCNC(c1ncccc1CC)c1sccc1Br. The van der Waals surface area contributed by atoms with Crippen LogP contribution in [0.2, 0.25) is 0 Å². The fourth-order valence-corrected chi connectivity index (χ4v) is 3.80. The lowest BCUT2D eigenvalue weighted by Crippen LogP contribution is -2.24. The lowest BCUT2D eigenvalue weighted by Gasteiger charge is -2.20. The van der Waals surface area contributed by atoms with E-state index >= 15 is 0 Å². The van der Waals surface area contributed by atoms with Crippen molar-refractivity contribution in [1.82, 2.24) is 10.3 Å². The van der Waals surface area contributed by atoms with Crippen LogP contribution in [0.5, 0.6) is 0 Å². The topological polar surface area (TPSA) is 24.9 Å². The van der Waals surface area contributed by atoms with Crippen LogP contribution in [0.15, 0.2) is 34.2 Å². The molecular weight excluding hydrogens is 320 g/mol. The van der Waals surface area contributed by atoms with E-state index in [2.05, 4.69) is 57.6 Å². The molecule has 0 aliphatic rings. The average molecular weight is 339 g/mol. The third-order valence-electron chi connectivity index (χ3n) is 3.09. The molecule has 1 unspecified atom stereocenters. The van der Waals surface area contributed by atoms with Crippen LogP contribution >= 0.6 is 27.3 Å². The smallest absolute Gasteiger partial charge is 0.0859 e. The molecule has 2 aromatic rings. The van der Waals surface area contributed by atoms with Gasteiger partial charge < -0.3 is 5.32 Å². The van der Waals surface area contributed by atoms with Crippen LogP contribution in [0.25, 0.3) is 0 Å². The quantitative estimate of drug-likeness (QED) is 0.835. The number of nitrogens with zero attached hydrogens (tertiary/aromatic N) is 1. The molecule has 2 rings (SSSR count). The minimum absolute atomic E-state index is 0.186. The molecule has 0 aromatic carbocycles. The molecule has 0 amide bonds. The van der Waals surface area contributed by atoms with Crippen LogP contribution < -0.4 is 5.32 Å². The van der Waals surface area contributed by atoms with Crippen LogP contribution in [0.3, 0.4) is 0 Å². The first-order valence-electron chi connectivity index (χ1n) is 6.68. The van der Waals surface area contributed by atoms with E-state index in [0.29, 0.717) is 0 Å². The first-order valence-corrected chi connectivity index (χ1v) is 8.35. The van der Waals surface area contributed by atoms with Gasteiger partial charge in [-0.2, -0.15) is 0 Å². The monoisotopic (exact) mass is 338 g/mol. The maximum atomic E-state index is 4.62. The van der Waals surface area contributed by atoms with Crippen molar-refractivity contribution >= 4 is 27.3 Å². The van der Waals surface area contributed by atoms with Gasteiger partial charge in [0.2, 0.25) is 0 Å². The zero-order chi connectivity index (χ0) is 13.7. The van der Waals surface area contributed by atoms with Crippen LogP contribution in [0, 0.1) is 0 Å². The van der Waals surface area contributed by atoms with Gasteiger partial charge in [0.05, 0.1) is 11.7 Å². The first-order chi connectivity index (χ1) is 9.27. The lowest BCUT2D eigenvalue weighted by atomic mass is 10.0. The second-order valence-electron chi connectivity index (χ2n) is 4.42. The van der Waals surface area contributed by atoms with Gasteiger partial charge in [-0.25, -0.2) is 0 Å². The van der Waals surface area contributed by atoms with Crippen LogP contribution in [-0.4, -0.2) is 11.5 Å². The Labute approximate surface area is 127 Å². The van der Waals surface area contributed by atoms with E-state index in [0.717, 1.165) is 25.1 Å². The number of thiophene rings is 1. The Balaban J connectivity index is 2.40. The Hall–Kier alpha value is -0.710. The van der Waals surface area contributed by atoms with Crippen molar-refractivity contribution < 1.29 is 0 Å². The standard InChI is InChI=1S/C15H19BrN2S/c1-3-8-17-14(15-12(16)7-10-19-15)13-11(4-2)6-5-9-18-13/h5-7,9-10,14,17H,3-4,8H2,1-2H3. The van der Waals surface area contributed by atoms with E-state index in [1.807, 2.05) is 12.3 Å². The average Bonchev–Trinajstić information content (AvgIpc) is 2.86. The van der Waals surface area contributed by atoms with Gasteiger partial charge >= 0.3 is 0 Å². The molecule has 2 heterocycles. The van der Waals surface area contributed by atoms with E-state index in [-0.39, 0.29) is 6.04 Å². The number of hydrogen-bond acceptors (Lipinski definition) is 3. The predicted molar refractivity (Wildman–Crippen MR) is 85.8 cm³/mol. The number of rotatable bonds is 6. The van der Waals surface area contributed by atoms with Crippen LogP contribution in [0.4, 0.5) is 0 Å². The molecule has 0 bridgehead atoms. The maximum Gasteiger partial charge on any atom is 0.0859 e. The van der Waals surface area contributed by atoms with Crippen molar-refractivity contribution in [1.29, 1.82) is 0 Å². The van der Waals surface area contributed by atoms with Crippen molar-refractivity contribution in [2.45, 2.75) is 32.7 Å². The van der Waals surface area contributed by atoms with E-state index in [1.54, 1.807) is 11.3 Å². The molecule has 2 nitrogen and oxygen atoms in total. The summed E-state index contributed by atoms with van der Waals surface area (Å²) in [4.78, 5) is 5.93. The van der Waals surface area contributed by atoms with E-state index in [1.165, 1.54) is 14.9 Å². The molecule has 0 aliphatic carbocycles. The highest BCUT2D eigenvalue weighted by molar-refractivity contribution is 9.10. The molecule has 0 saturated heterocycles. The predicted octanol–water partition coefficient (Wildman–Crippen LogP) is 4.56. The van der Waals surface area contributed by atoms with Gasteiger partial charge in [0, 0.05) is 15.5 Å². The zero-order valence-corrected chi connectivity index (χ0v) is 13.7. The molecule has 0 saturated carbocycles. The van der Waals surface area contributed by atoms with Gasteiger partial charge in [-0.1, -0.05) is 19.9 Å². The fourth-order valence-electron chi connectivity index (χ4n) is 2.12. The Morgan fingerprint density at radius 3 is 2.84 bits per heavy atom. The molecule has 102 valence electrons. The van der Waals surface area contributed by atoms with Gasteiger partial charge in [0.1, 0.15) is 0 Å². The van der Waals surface area contributed by atoms with E-state index in [9.17, 15) is 0 Å². The highest BCUT2D eigenvalue weighted by Gasteiger charge is 2.20. The highest BCUT2D eigenvalue weighted by Crippen LogP contribution is 2.33. The fraction of sp³-hybridized carbons (Fsp3) is 0.400. The molecule has 1 atom stereocenters. The van der Waals surface area contributed by atoms with Crippen molar-refractivity contribution in [3.8, 4) is 0 Å². The number of pyridine rings is 1. The maximum absolute atomic E-state index is 4.62. The second kappa shape index (κ2) is 7.17. The zero-order valence-electron chi connectivity index (χ0n) is 11.3. The second-order valence-corrected chi connectivity index (χ2v) is 6.22. The number of halogens is 1. The number of aryl methyl sites for hydroxylation is 1. The summed E-state index contributed by atoms with van der Waals surface area (Å²) in [5.41, 5.74) is 2.47. The summed E-state index contributed by atoms with van der Waals surface area (Å²) in [6, 6.07) is 6.48. The van der Waals surface area contributed by atoms with Gasteiger partial charge in [-0.05, 0) is 58.4 Å². The van der Waals surface area contributed by atoms with Crippen molar-refractivity contribution in [3.63, 3.8) is 0 Å². The number of nitrogens with one attached hydrogen (secondary N) is 1. The molecule has 4 heteroatoms. The summed E-state index contributed by atoms with van der Waals surface area (Å²) < 4.78 is 1.17. The Morgan fingerprint density at radius 2 is 2.21 bits per heavy atom. The Kier molecular flexibility index (Phi) is 5.55. The van der Waals surface area contributed by atoms with Crippen LogP contribution in [0.1, 0.15) is 42.4 Å². The van der Waals surface area contributed by atoms with Crippen LogP contribution in [-0.2, 0) is 6.42 Å². The number of aromatic nitrogens is 1. The normalized spacial score (nSPS) is 12.6. The molecule has 19 heavy (non-hydrogen) atoms. The van der Waals surface area contributed by atoms with Gasteiger partial charge in [0.15, 0.2) is 0 Å². The molecule has 1 N–H and O–H groups in total. The number of hydrogen-bond donors (Lipinski definition) is 1. The summed E-state index contributed by atoms with van der Waals surface area (Å²) in [5.74, 6) is 0. The summed E-state index contributed by atoms with van der Waals surface area (Å²) >= 11 is 5.42. The largest absolute Gasteiger partial charge is 0.304 e. The van der Waals surface area contributed by atoms with E-state index in [4.69, 9.17) is 0 Å². The van der Waals surface area contributed by atoms with Gasteiger partial charge in [-0.3, -0.25) is 4.98 Å². The van der Waals surface area contributed by atoms with Gasteiger partial charge in [0.25, 0.3) is 0 Å². The molecule has 2 aromatic heterocycles. The molecule has 0 aliphatic heterocycles. The van der Waals surface area contributed by atoms with E-state index < -0.39 is 0 Å². The lowest BCUT2D eigenvalue weighted by molar-refractivity contribution is 0.587. The van der Waals surface area contributed by atoms with Crippen molar-refractivity contribution in [2.75, 3.05) is 6.54 Å². The van der Waals surface area contributed by atoms with Crippen molar-refractivity contribution in [2.24, 2.45) is 0 Å². The molecular formula is C15H19BrN2S. The molecule has 0 spiro atoms. The molecule has 0 radical (unpaired) electrons. The van der Waals surface area contributed by atoms with Gasteiger partial charge in [-0.15, -0.1) is 11.3 Å². The Bertz CT molecular complexity index is 524. The summed E-state index contributed by atoms with van der Waals surface area (Å²) in [6.45, 7) is 5.36. The molecule has 0 fully saturated rings. The first kappa shape index (κ1) is 14.7. The van der Waals surface area contributed by atoms with Crippen molar-refractivity contribution in [3.05, 3.63) is 50.4 Å². The third-order valence-corrected chi connectivity index (χ3v) is 5.02.